The molecular formula is C14H22N2O2. The molecule has 1 aromatic rings. The molecule has 0 aliphatic carbocycles. The molecule has 1 aliphatic heterocycles. The molecular weight excluding hydrogens is 228 g/mol. The third kappa shape index (κ3) is 3.70. The first-order valence-electron chi connectivity index (χ1n) is 6.54. The maximum absolute atomic E-state index is 9.29. The number of rotatable bonds is 5. The highest BCUT2D eigenvalue weighted by molar-refractivity contribution is 5.27. The van der Waals surface area contributed by atoms with E-state index < -0.39 is 0 Å². The zero-order valence-electron chi connectivity index (χ0n) is 10.9. The van der Waals surface area contributed by atoms with Gasteiger partial charge in [0.25, 0.3) is 0 Å². The number of aliphatic hydroxyl groups is 1. The van der Waals surface area contributed by atoms with Gasteiger partial charge in [-0.1, -0.05) is 12.1 Å². The minimum atomic E-state index is 0.206. The van der Waals surface area contributed by atoms with Gasteiger partial charge in [-0.15, -0.1) is 0 Å². The summed E-state index contributed by atoms with van der Waals surface area (Å²) in [5.41, 5.74) is 1.21. The smallest absolute Gasteiger partial charge is 0.119 e. The molecule has 1 aliphatic rings. The maximum atomic E-state index is 9.29. The van der Waals surface area contributed by atoms with Crippen molar-refractivity contribution in [3.8, 4) is 5.75 Å². The average Bonchev–Trinajstić information content (AvgIpc) is 2.39. The molecule has 4 heteroatoms. The Labute approximate surface area is 109 Å². The van der Waals surface area contributed by atoms with E-state index in [1.807, 2.05) is 18.2 Å². The van der Waals surface area contributed by atoms with Crippen molar-refractivity contribution in [2.45, 2.75) is 13.0 Å². The summed E-state index contributed by atoms with van der Waals surface area (Å²) in [6.45, 7) is 6.62. The lowest BCUT2D eigenvalue weighted by molar-refractivity contribution is 0.0868. The zero-order chi connectivity index (χ0) is 12.8. The average molecular weight is 250 g/mol. The first-order valence-corrected chi connectivity index (χ1v) is 6.54. The lowest BCUT2D eigenvalue weighted by atomic mass is 10.2. The summed E-state index contributed by atoms with van der Waals surface area (Å²) in [4.78, 5) is 2.28. The lowest BCUT2D eigenvalue weighted by Crippen LogP contribution is -2.53. The van der Waals surface area contributed by atoms with Crippen LogP contribution in [0.5, 0.6) is 5.75 Å². The van der Waals surface area contributed by atoms with E-state index in [2.05, 4.69) is 23.2 Å². The summed E-state index contributed by atoms with van der Waals surface area (Å²) < 4.78 is 5.74. The molecule has 0 radical (unpaired) electrons. The van der Waals surface area contributed by atoms with Crippen molar-refractivity contribution in [2.75, 3.05) is 39.4 Å². The van der Waals surface area contributed by atoms with Crippen molar-refractivity contribution in [2.24, 2.45) is 0 Å². The molecule has 4 nitrogen and oxygen atoms in total. The number of nitrogens with one attached hydrogen (secondary N) is 1. The molecule has 1 heterocycles. The number of benzene rings is 1. The fraction of sp³-hybridized carbons (Fsp3) is 0.571. The van der Waals surface area contributed by atoms with E-state index >= 15 is 0 Å². The lowest BCUT2D eigenvalue weighted by Gasteiger charge is -2.34. The van der Waals surface area contributed by atoms with Crippen LogP contribution in [-0.4, -0.2) is 55.4 Å². The SMILES string of the molecule is Cc1cccc(OCCN2CCNCC2CO)c1. The van der Waals surface area contributed by atoms with Crippen LogP contribution < -0.4 is 10.1 Å². The molecule has 1 atom stereocenters. The van der Waals surface area contributed by atoms with Crippen LogP contribution in [-0.2, 0) is 0 Å². The van der Waals surface area contributed by atoms with Crippen LogP contribution in [0.4, 0.5) is 0 Å². The molecule has 1 saturated heterocycles. The van der Waals surface area contributed by atoms with Gasteiger partial charge in [-0.2, -0.15) is 0 Å². The molecule has 18 heavy (non-hydrogen) atoms. The molecule has 0 bridgehead atoms. The summed E-state index contributed by atoms with van der Waals surface area (Å²) >= 11 is 0. The van der Waals surface area contributed by atoms with Gasteiger partial charge in [0.15, 0.2) is 0 Å². The summed E-state index contributed by atoms with van der Waals surface area (Å²) in [6.07, 6.45) is 0. The van der Waals surface area contributed by atoms with Crippen LogP contribution in [0, 0.1) is 6.92 Å². The fourth-order valence-corrected chi connectivity index (χ4v) is 2.26. The van der Waals surface area contributed by atoms with E-state index in [0.717, 1.165) is 31.9 Å². The van der Waals surface area contributed by atoms with Gasteiger partial charge in [0.2, 0.25) is 0 Å². The van der Waals surface area contributed by atoms with Crippen LogP contribution in [0.25, 0.3) is 0 Å². The number of ether oxygens (including phenoxy) is 1. The van der Waals surface area contributed by atoms with Gasteiger partial charge in [-0.25, -0.2) is 0 Å². The highest BCUT2D eigenvalue weighted by Gasteiger charge is 2.20. The van der Waals surface area contributed by atoms with Gasteiger partial charge < -0.3 is 15.2 Å². The van der Waals surface area contributed by atoms with E-state index in [1.165, 1.54) is 5.56 Å². The van der Waals surface area contributed by atoms with Crippen LogP contribution in [0.1, 0.15) is 5.56 Å². The van der Waals surface area contributed by atoms with E-state index in [0.29, 0.717) is 6.61 Å². The van der Waals surface area contributed by atoms with E-state index in [4.69, 9.17) is 4.74 Å². The number of nitrogens with zero attached hydrogens (tertiary/aromatic N) is 1. The normalized spacial score (nSPS) is 20.9. The Kier molecular flexibility index (Phi) is 4.99. The highest BCUT2D eigenvalue weighted by Crippen LogP contribution is 2.12. The van der Waals surface area contributed by atoms with Crippen LogP contribution >= 0.6 is 0 Å². The standard InChI is InChI=1S/C14H22N2O2/c1-12-3-2-4-14(9-12)18-8-7-16-6-5-15-10-13(16)11-17/h2-4,9,13,15,17H,5-8,10-11H2,1H3. The third-order valence-corrected chi connectivity index (χ3v) is 3.32. The van der Waals surface area contributed by atoms with Crippen LogP contribution in [0.2, 0.25) is 0 Å². The minimum Gasteiger partial charge on any atom is -0.492 e. The third-order valence-electron chi connectivity index (χ3n) is 3.32. The Morgan fingerprint density at radius 3 is 3.17 bits per heavy atom. The van der Waals surface area contributed by atoms with Crippen LogP contribution in [0.15, 0.2) is 24.3 Å². The first kappa shape index (κ1) is 13.3. The fourth-order valence-electron chi connectivity index (χ4n) is 2.26. The molecule has 2 N–H and O–H groups in total. The minimum absolute atomic E-state index is 0.206. The first-order chi connectivity index (χ1) is 8.79. The summed E-state index contributed by atoms with van der Waals surface area (Å²) in [5.74, 6) is 0.922. The molecule has 0 saturated carbocycles. The number of aryl methyl sites for hydroxylation is 1. The van der Waals surface area contributed by atoms with Gasteiger partial charge >= 0.3 is 0 Å². The van der Waals surface area contributed by atoms with Crippen molar-refractivity contribution >= 4 is 0 Å². The quantitative estimate of drug-likeness (QED) is 0.805. The zero-order valence-corrected chi connectivity index (χ0v) is 10.9. The second kappa shape index (κ2) is 6.73. The van der Waals surface area contributed by atoms with Crippen molar-refractivity contribution in [1.29, 1.82) is 0 Å². The summed E-state index contributed by atoms with van der Waals surface area (Å²) in [6, 6.07) is 8.31. The molecule has 100 valence electrons. The highest BCUT2D eigenvalue weighted by atomic mass is 16.5. The molecule has 1 unspecified atom stereocenters. The molecule has 2 rings (SSSR count). The predicted octanol–water partition coefficient (Wildman–Crippen LogP) is 0.640. The van der Waals surface area contributed by atoms with E-state index in [9.17, 15) is 5.11 Å². The van der Waals surface area contributed by atoms with Crippen molar-refractivity contribution in [3.05, 3.63) is 29.8 Å². The van der Waals surface area contributed by atoms with E-state index in [1.54, 1.807) is 0 Å². The van der Waals surface area contributed by atoms with E-state index in [-0.39, 0.29) is 12.6 Å². The Morgan fingerprint density at radius 1 is 1.50 bits per heavy atom. The maximum Gasteiger partial charge on any atom is 0.119 e. The number of hydrogen-bond donors (Lipinski definition) is 2. The van der Waals surface area contributed by atoms with Gasteiger partial charge in [0.05, 0.1) is 6.61 Å². The summed E-state index contributed by atoms with van der Waals surface area (Å²) in [7, 11) is 0. The van der Waals surface area contributed by atoms with Gasteiger partial charge in [0, 0.05) is 32.2 Å². The Hall–Kier alpha value is -1.10. The van der Waals surface area contributed by atoms with Gasteiger partial charge in [-0.3, -0.25) is 4.90 Å². The predicted molar refractivity (Wildman–Crippen MR) is 72.0 cm³/mol. The second-order valence-corrected chi connectivity index (χ2v) is 4.74. The number of hydrogen-bond acceptors (Lipinski definition) is 4. The van der Waals surface area contributed by atoms with Crippen molar-refractivity contribution in [1.82, 2.24) is 10.2 Å². The van der Waals surface area contributed by atoms with Gasteiger partial charge in [0.1, 0.15) is 12.4 Å². The largest absolute Gasteiger partial charge is 0.492 e. The molecule has 0 spiro atoms. The Morgan fingerprint density at radius 2 is 2.39 bits per heavy atom. The van der Waals surface area contributed by atoms with Crippen LogP contribution in [0.3, 0.4) is 0 Å². The van der Waals surface area contributed by atoms with Gasteiger partial charge in [-0.05, 0) is 24.6 Å². The summed E-state index contributed by atoms with van der Waals surface area (Å²) in [5, 5.41) is 12.6. The molecule has 0 amide bonds. The Bertz CT molecular complexity index is 371. The van der Waals surface area contributed by atoms with Crippen molar-refractivity contribution < 1.29 is 9.84 Å². The topological polar surface area (TPSA) is 44.7 Å². The second-order valence-electron chi connectivity index (χ2n) is 4.74. The number of piperazine rings is 1. The van der Waals surface area contributed by atoms with Crippen molar-refractivity contribution in [3.63, 3.8) is 0 Å². The Balaban J connectivity index is 1.77. The number of aliphatic hydroxyl groups excluding tert-OH is 1. The molecule has 0 aromatic heterocycles. The molecule has 1 aromatic carbocycles. The molecule has 1 fully saturated rings. The monoisotopic (exact) mass is 250 g/mol.